The molecule has 5 heterocycles. The van der Waals surface area contributed by atoms with Gasteiger partial charge in [0.2, 0.25) is 0 Å². The number of hydrogen-bond donors (Lipinski definition) is 0. The zero-order chi connectivity index (χ0) is 50.2. The van der Waals surface area contributed by atoms with Crippen molar-refractivity contribution in [3.8, 4) is 29.2 Å². The van der Waals surface area contributed by atoms with Crippen molar-refractivity contribution in [3.63, 3.8) is 0 Å². The zero-order valence-electron chi connectivity index (χ0n) is 40.4. The molecule has 0 atom stereocenters. The quantitative estimate of drug-likeness (QED) is 0.166. The van der Waals surface area contributed by atoms with Gasteiger partial charge in [-0.25, -0.2) is 0 Å². The smallest absolute Gasteiger partial charge is 0.145 e. The summed E-state index contributed by atoms with van der Waals surface area (Å²) in [6.07, 6.45) is 0. The molecule has 7 nitrogen and oxygen atoms in total. The van der Waals surface area contributed by atoms with E-state index in [0.29, 0.717) is 22.5 Å². The molecule has 0 N–H and O–H groups in total. The molecule has 0 saturated heterocycles. The van der Waals surface area contributed by atoms with E-state index in [1.807, 2.05) is 42.5 Å². The van der Waals surface area contributed by atoms with E-state index in [1.54, 1.807) is 11.3 Å². The molecule has 0 spiro atoms. The topological polar surface area (TPSA) is 78.8 Å². The molecular weight excluding hydrogens is 949 g/mol. The minimum absolute atomic E-state index is 0.427. The molecule has 0 saturated carbocycles. The van der Waals surface area contributed by atoms with Gasteiger partial charge in [-0.15, -0.1) is 11.3 Å². The molecular formula is C68H38N6OS. The Bertz CT molecular complexity index is 5120. The Morgan fingerprint density at radius 3 is 1.61 bits per heavy atom. The molecule has 0 aliphatic heterocycles. The number of nitriles is 2. The number of fused-ring (bicyclic) bond motifs is 16. The molecule has 5 aromatic heterocycles. The monoisotopic (exact) mass is 986 g/mol. The summed E-state index contributed by atoms with van der Waals surface area (Å²) >= 11 is 1.77. The lowest BCUT2D eigenvalue weighted by molar-refractivity contribution is 0.673. The molecule has 0 fully saturated rings. The fourth-order valence-electron chi connectivity index (χ4n) is 12.2. The average molecular weight is 987 g/mol. The molecule has 0 aliphatic rings. The summed E-state index contributed by atoms with van der Waals surface area (Å²) in [5.74, 6) is 0. The van der Waals surface area contributed by atoms with E-state index in [9.17, 15) is 10.5 Å². The van der Waals surface area contributed by atoms with Crippen LogP contribution in [0.4, 0.5) is 17.1 Å². The van der Waals surface area contributed by atoms with Crippen molar-refractivity contribution in [3.05, 3.63) is 242 Å². The van der Waals surface area contributed by atoms with Crippen LogP contribution in [0.25, 0.3) is 125 Å². The van der Waals surface area contributed by atoms with Gasteiger partial charge in [0.15, 0.2) is 0 Å². The van der Waals surface area contributed by atoms with Crippen LogP contribution in [0.2, 0.25) is 0 Å². The van der Waals surface area contributed by atoms with E-state index in [4.69, 9.17) is 4.42 Å². The van der Waals surface area contributed by atoms with E-state index < -0.39 is 0 Å². The lowest BCUT2D eigenvalue weighted by Gasteiger charge is -2.25. The Labute approximate surface area is 438 Å². The maximum Gasteiger partial charge on any atom is 0.145 e. The summed E-state index contributed by atoms with van der Waals surface area (Å²) < 4.78 is 15.9. The van der Waals surface area contributed by atoms with Gasteiger partial charge in [-0.05, 0) is 121 Å². The van der Waals surface area contributed by atoms with Gasteiger partial charge >= 0.3 is 0 Å². The third-order valence-corrected chi connectivity index (χ3v) is 16.6. The first kappa shape index (κ1) is 42.2. The summed E-state index contributed by atoms with van der Waals surface area (Å²) in [6, 6.07) is 85.7. The van der Waals surface area contributed by atoms with Gasteiger partial charge in [0.25, 0.3) is 0 Å². The highest BCUT2D eigenvalue weighted by atomic mass is 32.1. The van der Waals surface area contributed by atoms with E-state index >= 15 is 0 Å². The molecule has 0 radical (unpaired) electrons. The second-order valence-electron chi connectivity index (χ2n) is 19.5. The Morgan fingerprint density at radius 1 is 0.355 bits per heavy atom. The maximum atomic E-state index is 11.5. The van der Waals surface area contributed by atoms with Gasteiger partial charge in [-0.2, -0.15) is 10.5 Å². The second kappa shape index (κ2) is 16.1. The highest BCUT2D eigenvalue weighted by molar-refractivity contribution is 7.25. The Kier molecular flexibility index (Phi) is 8.91. The number of anilines is 3. The van der Waals surface area contributed by atoms with E-state index in [0.717, 1.165) is 104 Å². The molecule has 16 rings (SSSR count). The number of rotatable bonds is 6. The van der Waals surface area contributed by atoms with Crippen molar-refractivity contribution in [2.24, 2.45) is 0 Å². The van der Waals surface area contributed by atoms with Crippen LogP contribution in [0, 0.1) is 22.7 Å². The number of para-hydroxylation sites is 5. The van der Waals surface area contributed by atoms with Crippen molar-refractivity contribution in [1.82, 2.24) is 13.7 Å². The molecule has 8 heteroatoms. The standard InChI is InChI=1S/C68H38N6OS/c69-39-41-34-62(74-58-30-28-46(72-56-23-11-7-19-47(56)48-20-8-12-24-57(48)72)35-52(58)53-37-54-50-22-10-14-26-65(50)76-66(54)38-63(53)74)42(40-70)33-61(41)73-59-31-27-45(71(43-15-3-1-4-16-43)44-17-5-2-6-18-44)36-55(59)67-60(73)32-29-51-49-21-9-13-25-64(49)75-68(51)67/h1-38H. The minimum Gasteiger partial charge on any atom is -0.455 e. The Hall–Kier alpha value is -10.4. The summed E-state index contributed by atoms with van der Waals surface area (Å²) in [6.45, 7) is 0. The maximum absolute atomic E-state index is 11.5. The van der Waals surface area contributed by atoms with Gasteiger partial charge in [-0.1, -0.05) is 109 Å². The van der Waals surface area contributed by atoms with Gasteiger partial charge in [0.1, 0.15) is 23.3 Å². The van der Waals surface area contributed by atoms with Crippen molar-refractivity contribution >= 4 is 136 Å². The lowest BCUT2D eigenvalue weighted by atomic mass is 10.1. The van der Waals surface area contributed by atoms with Crippen LogP contribution in [0.5, 0.6) is 0 Å². The fourth-order valence-corrected chi connectivity index (χ4v) is 13.3. The Morgan fingerprint density at radius 2 is 0.908 bits per heavy atom. The molecule has 76 heavy (non-hydrogen) atoms. The van der Waals surface area contributed by atoms with E-state index in [-0.39, 0.29) is 0 Å². The first-order chi connectivity index (χ1) is 37.6. The van der Waals surface area contributed by atoms with Crippen molar-refractivity contribution in [2.45, 2.75) is 0 Å². The Balaban J connectivity index is 0.961. The molecule has 16 aromatic rings. The van der Waals surface area contributed by atoms with Crippen LogP contribution in [0.3, 0.4) is 0 Å². The molecule has 352 valence electrons. The third-order valence-electron chi connectivity index (χ3n) is 15.5. The summed E-state index contributed by atoms with van der Waals surface area (Å²) in [5.41, 5.74) is 13.6. The first-order valence-corrected chi connectivity index (χ1v) is 26.1. The van der Waals surface area contributed by atoms with E-state index in [1.165, 1.54) is 26.2 Å². The number of nitrogens with zero attached hydrogens (tertiary/aromatic N) is 6. The molecule has 0 unspecified atom stereocenters. The summed E-state index contributed by atoms with van der Waals surface area (Å²) in [4.78, 5) is 2.26. The van der Waals surface area contributed by atoms with Crippen LogP contribution in [-0.4, -0.2) is 13.7 Å². The average Bonchev–Trinajstić information content (AvgIpc) is 4.39. The molecule has 0 amide bonds. The first-order valence-electron chi connectivity index (χ1n) is 25.3. The predicted molar refractivity (Wildman–Crippen MR) is 314 cm³/mol. The van der Waals surface area contributed by atoms with E-state index in [2.05, 4.69) is 219 Å². The normalized spacial score (nSPS) is 11.9. The number of hydrogen-bond acceptors (Lipinski definition) is 5. The van der Waals surface area contributed by atoms with Crippen LogP contribution in [0.15, 0.2) is 235 Å². The second-order valence-corrected chi connectivity index (χ2v) is 20.5. The highest BCUT2D eigenvalue weighted by Crippen LogP contribution is 2.47. The van der Waals surface area contributed by atoms with Crippen molar-refractivity contribution in [2.75, 3.05) is 4.90 Å². The van der Waals surface area contributed by atoms with Gasteiger partial charge in [0.05, 0.1) is 61.0 Å². The van der Waals surface area contributed by atoms with Crippen LogP contribution in [0.1, 0.15) is 11.1 Å². The van der Waals surface area contributed by atoms with Crippen LogP contribution >= 0.6 is 11.3 Å². The van der Waals surface area contributed by atoms with Crippen molar-refractivity contribution < 1.29 is 4.42 Å². The molecule has 0 bridgehead atoms. The summed E-state index contributed by atoms with van der Waals surface area (Å²) in [7, 11) is 0. The number of benzene rings is 11. The van der Waals surface area contributed by atoms with Crippen LogP contribution < -0.4 is 4.90 Å². The van der Waals surface area contributed by atoms with Gasteiger partial charge in [0, 0.05) is 80.6 Å². The number of furan rings is 1. The van der Waals surface area contributed by atoms with Gasteiger partial charge < -0.3 is 23.0 Å². The third kappa shape index (κ3) is 5.96. The number of aromatic nitrogens is 3. The van der Waals surface area contributed by atoms with Crippen molar-refractivity contribution in [1.29, 1.82) is 10.5 Å². The van der Waals surface area contributed by atoms with Gasteiger partial charge in [-0.3, -0.25) is 0 Å². The fraction of sp³-hybridized carbons (Fsp3) is 0. The highest BCUT2D eigenvalue weighted by Gasteiger charge is 2.26. The largest absolute Gasteiger partial charge is 0.455 e. The minimum atomic E-state index is 0.427. The molecule has 11 aromatic carbocycles. The SMILES string of the molecule is N#Cc1cc(-n2c3ccc(N(c4ccccc4)c4ccccc4)cc3c3c4oc5ccccc5c4ccc32)c(C#N)cc1-n1c2ccc(-n3c4ccccc4c4ccccc43)cc2c2cc3c(cc21)sc1ccccc13. The molecule has 0 aliphatic carbocycles. The predicted octanol–water partition coefficient (Wildman–Crippen LogP) is 18.5. The lowest BCUT2D eigenvalue weighted by Crippen LogP contribution is -2.09. The van der Waals surface area contributed by atoms with Crippen LogP contribution in [-0.2, 0) is 0 Å². The summed E-state index contributed by atoms with van der Waals surface area (Å²) in [5, 5.41) is 33.7. The number of thiophene rings is 1. The zero-order valence-corrected chi connectivity index (χ0v) is 41.3.